The van der Waals surface area contributed by atoms with Crippen molar-refractivity contribution in [1.29, 1.82) is 5.26 Å². The first-order valence-electron chi connectivity index (χ1n) is 5.53. The van der Waals surface area contributed by atoms with Crippen molar-refractivity contribution in [2.45, 2.75) is 31.6 Å². The second-order valence-corrected chi connectivity index (χ2v) is 5.06. The first kappa shape index (κ1) is 12.7. The standard InChI is InChI=1S/C13H13N3OS/c1-8-4-9(2)15-13(12(8)6-14)18-7-11-5-10(3)16-17-11/h4-5H,7H2,1-3H3. The van der Waals surface area contributed by atoms with E-state index in [9.17, 15) is 0 Å². The monoisotopic (exact) mass is 259 g/mol. The van der Waals surface area contributed by atoms with E-state index < -0.39 is 0 Å². The van der Waals surface area contributed by atoms with Crippen LogP contribution in [0.2, 0.25) is 0 Å². The van der Waals surface area contributed by atoms with Crippen LogP contribution < -0.4 is 0 Å². The van der Waals surface area contributed by atoms with Crippen molar-refractivity contribution in [2.24, 2.45) is 0 Å². The second-order valence-electron chi connectivity index (χ2n) is 4.10. The van der Waals surface area contributed by atoms with Gasteiger partial charge in [0.25, 0.3) is 0 Å². The van der Waals surface area contributed by atoms with Crippen LogP contribution in [0.1, 0.15) is 28.3 Å². The van der Waals surface area contributed by atoms with Gasteiger partial charge in [-0.15, -0.1) is 0 Å². The lowest BCUT2D eigenvalue weighted by atomic mass is 10.1. The molecule has 0 bridgehead atoms. The van der Waals surface area contributed by atoms with E-state index in [-0.39, 0.29) is 0 Å². The van der Waals surface area contributed by atoms with Gasteiger partial charge in [0.2, 0.25) is 0 Å². The molecule has 0 fully saturated rings. The van der Waals surface area contributed by atoms with Gasteiger partial charge in [-0.25, -0.2) is 4.98 Å². The summed E-state index contributed by atoms with van der Waals surface area (Å²) in [6.45, 7) is 5.74. The highest BCUT2D eigenvalue weighted by Crippen LogP contribution is 2.26. The van der Waals surface area contributed by atoms with Crippen LogP contribution in [-0.2, 0) is 5.75 Å². The third kappa shape index (κ3) is 2.71. The molecule has 0 atom stereocenters. The fraction of sp³-hybridized carbons (Fsp3) is 0.308. The van der Waals surface area contributed by atoms with Gasteiger partial charge in [-0.05, 0) is 32.4 Å². The van der Waals surface area contributed by atoms with Crippen LogP contribution in [0.3, 0.4) is 0 Å². The molecule has 0 aliphatic carbocycles. The van der Waals surface area contributed by atoms with Gasteiger partial charge in [0.15, 0.2) is 0 Å². The van der Waals surface area contributed by atoms with Crippen molar-refractivity contribution < 1.29 is 4.52 Å². The Hall–Kier alpha value is -1.80. The Morgan fingerprint density at radius 1 is 1.28 bits per heavy atom. The van der Waals surface area contributed by atoms with E-state index in [4.69, 9.17) is 9.78 Å². The molecule has 5 heteroatoms. The van der Waals surface area contributed by atoms with E-state index in [2.05, 4.69) is 16.2 Å². The van der Waals surface area contributed by atoms with Gasteiger partial charge in [0.05, 0.1) is 17.0 Å². The SMILES string of the molecule is Cc1cc(CSc2nc(C)cc(C)c2C#N)on1. The van der Waals surface area contributed by atoms with Gasteiger partial charge in [-0.2, -0.15) is 5.26 Å². The van der Waals surface area contributed by atoms with Gasteiger partial charge >= 0.3 is 0 Å². The zero-order valence-corrected chi connectivity index (χ0v) is 11.3. The van der Waals surface area contributed by atoms with E-state index in [1.807, 2.05) is 32.9 Å². The molecule has 92 valence electrons. The van der Waals surface area contributed by atoms with E-state index in [1.165, 1.54) is 11.8 Å². The molecule has 0 aliphatic heterocycles. The number of hydrogen-bond acceptors (Lipinski definition) is 5. The Bertz CT molecular complexity index is 613. The summed E-state index contributed by atoms with van der Waals surface area (Å²) in [5, 5.41) is 13.7. The molecule has 0 spiro atoms. The van der Waals surface area contributed by atoms with E-state index in [0.717, 1.165) is 27.7 Å². The van der Waals surface area contributed by atoms with Gasteiger partial charge in [0.1, 0.15) is 16.9 Å². The summed E-state index contributed by atoms with van der Waals surface area (Å²) in [4.78, 5) is 4.41. The minimum atomic E-state index is 0.630. The average molecular weight is 259 g/mol. The Balaban J connectivity index is 2.21. The Morgan fingerprint density at radius 3 is 2.67 bits per heavy atom. The highest BCUT2D eigenvalue weighted by atomic mass is 32.2. The number of thioether (sulfide) groups is 1. The molecule has 18 heavy (non-hydrogen) atoms. The Labute approximate surface area is 110 Å². The van der Waals surface area contributed by atoms with Crippen LogP contribution in [0.5, 0.6) is 0 Å². The molecular weight excluding hydrogens is 246 g/mol. The third-order valence-electron chi connectivity index (χ3n) is 2.45. The fourth-order valence-corrected chi connectivity index (χ4v) is 2.64. The normalized spacial score (nSPS) is 10.3. The second kappa shape index (κ2) is 5.23. The molecule has 2 rings (SSSR count). The summed E-state index contributed by atoms with van der Waals surface area (Å²) < 4.78 is 5.14. The molecule has 0 aromatic carbocycles. The van der Waals surface area contributed by atoms with Crippen LogP contribution in [0.25, 0.3) is 0 Å². The van der Waals surface area contributed by atoms with Crippen LogP contribution in [0.15, 0.2) is 21.7 Å². The predicted octanol–water partition coefficient (Wildman–Crippen LogP) is 3.16. The topological polar surface area (TPSA) is 62.7 Å². The lowest BCUT2D eigenvalue weighted by Crippen LogP contribution is -1.94. The Kier molecular flexibility index (Phi) is 3.68. The van der Waals surface area contributed by atoms with E-state index >= 15 is 0 Å². The lowest BCUT2D eigenvalue weighted by Gasteiger charge is -2.05. The van der Waals surface area contributed by atoms with E-state index in [0.29, 0.717) is 11.3 Å². The summed E-state index contributed by atoms with van der Waals surface area (Å²) >= 11 is 1.50. The first-order valence-corrected chi connectivity index (χ1v) is 6.52. The van der Waals surface area contributed by atoms with Crippen molar-refractivity contribution in [3.05, 3.63) is 40.4 Å². The summed E-state index contributed by atoms with van der Waals surface area (Å²) in [7, 11) is 0. The smallest absolute Gasteiger partial charge is 0.147 e. The summed E-state index contributed by atoms with van der Waals surface area (Å²) in [6.07, 6.45) is 0. The highest BCUT2D eigenvalue weighted by molar-refractivity contribution is 7.98. The summed E-state index contributed by atoms with van der Waals surface area (Å²) in [5.74, 6) is 1.42. The molecule has 4 nitrogen and oxygen atoms in total. The minimum Gasteiger partial charge on any atom is -0.360 e. The zero-order valence-electron chi connectivity index (χ0n) is 10.5. The number of pyridine rings is 1. The molecule has 0 N–H and O–H groups in total. The van der Waals surface area contributed by atoms with Crippen LogP contribution in [-0.4, -0.2) is 10.1 Å². The summed E-state index contributed by atoms with van der Waals surface area (Å²) in [5.41, 5.74) is 3.38. The largest absolute Gasteiger partial charge is 0.360 e. The quantitative estimate of drug-likeness (QED) is 0.792. The van der Waals surface area contributed by atoms with Gasteiger partial charge in [0, 0.05) is 11.8 Å². The lowest BCUT2D eigenvalue weighted by molar-refractivity contribution is 0.391. The van der Waals surface area contributed by atoms with Crippen molar-refractivity contribution in [2.75, 3.05) is 0 Å². The molecule has 2 heterocycles. The Morgan fingerprint density at radius 2 is 2.06 bits per heavy atom. The van der Waals surface area contributed by atoms with Crippen LogP contribution in [0.4, 0.5) is 0 Å². The van der Waals surface area contributed by atoms with Gasteiger partial charge in [-0.1, -0.05) is 16.9 Å². The number of rotatable bonds is 3. The minimum absolute atomic E-state index is 0.630. The maximum atomic E-state index is 9.15. The molecular formula is C13H13N3OS. The molecule has 2 aromatic rings. The van der Waals surface area contributed by atoms with E-state index in [1.54, 1.807) is 0 Å². The third-order valence-corrected chi connectivity index (χ3v) is 3.45. The maximum Gasteiger partial charge on any atom is 0.147 e. The predicted molar refractivity (Wildman–Crippen MR) is 69.2 cm³/mol. The molecule has 0 unspecified atom stereocenters. The average Bonchev–Trinajstić information content (AvgIpc) is 2.72. The summed E-state index contributed by atoms with van der Waals surface area (Å²) in [6, 6.07) is 6.01. The van der Waals surface area contributed by atoms with Crippen molar-refractivity contribution in [3.63, 3.8) is 0 Å². The number of nitriles is 1. The molecule has 0 aliphatic rings. The molecule has 0 radical (unpaired) electrons. The van der Waals surface area contributed by atoms with Crippen molar-refractivity contribution in [3.8, 4) is 6.07 Å². The molecule has 0 amide bonds. The molecule has 0 saturated carbocycles. The first-order chi connectivity index (χ1) is 8.60. The number of hydrogen-bond donors (Lipinski definition) is 0. The van der Waals surface area contributed by atoms with Gasteiger partial charge < -0.3 is 4.52 Å². The van der Waals surface area contributed by atoms with Gasteiger partial charge in [-0.3, -0.25) is 0 Å². The molecule has 0 saturated heterocycles. The highest BCUT2D eigenvalue weighted by Gasteiger charge is 2.10. The van der Waals surface area contributed by atoms with Crippen LogP contribution >= 0.6 is 11.8 Å². The fourth-order valence-electron chi connectivity index (χ4n) is 1.67. The number of aromatic nitrogens is 2. The zero-order chi connectivity index (χ0) is 13.1. The van der Waals surface area contributed by atoms with Crippen molar-refractivity contribution in [1.82, 2.24) is 10.1 Å². The van der Waals surface area contributed by atoms with Crippen molar-refractivity contribution >= 4 is 11.8 Å². The number of nitrogens with zero attached hydrogens (tertiary/aromatic N) is 3. The maximum absolute atomic E-state index is 9.15. The van der Waals surface area contributed by atoms with Crippen LogP contribution in [0, 0.1) is 32.1 Å². The molecule has 2 aromatic heterocycles. The number of aryl methyl sites for hydroxylation is 3.